The van der Waals surface area contributed by atoms with Gasteiger partial charge >= 0.3 is 0 Å². The van der Waals surface area contributed by atoms with Crippen molar-refractivity contribution in [3.05, 3.63) is 63.1 Å². The molecule has 0 amide bonds. The Balaban J connectivity index is 2.18. The Labute approximate surface area is 126 Å². The molecule has 0 saturated heterocycles. The van der Waals surface area contributed by atoms with Crippen LogP contribution in [0.15, 0.2) is 52.0 Å². The Hall–Kier alpha value is -1.32. The summed E-state index contributed by atoms with van der Waals surface area (Å²) in [5.41, 5.74) is 6.92. The topological polar surface area (TPSA) is 24.4 Å². The van der Waals surface area contributed by atoms with Crippen molar-refractivity contribution in [2.75, 3.05) is 5.43 Å². The van der Waals surface area contributed by atoms with Gasteiger partial charge in [-0.25, -0.2) is 0 Å². The average Bonchev–Trinajstić information content (AvgIpc) is 2.40. The molecular weight excluding hydrogens is 324 g/mol. The first kappa shape index (κ1) is 14.1. The van der Waals surface area contributed by atoms with E-state index >= 15 is 0 Å². The Kier molecular flexibility index (Phi) is 4.61. The van der Waals surface area contributed by atoms with Gasteiger partial charge in [0.2, 0.25) is 0 Å². The van der Waals surface area contributed by atoms with Gasteiger partial charge in [-0.2, -0.15) is 5.10 Å². The van der Waals surface area contributed by atoms with E-state index in [1.807, 2.05) is 56.3 Å². The lowest BCUT2D eigenvalue weighted by atomic mass is 10.1. The van der Waals surface area contributed by atoms with Gasteiger partial charge in [-0.3, -0.25) is 5.43 Å². The first-order chi connectivity index (χ1) is 9.08. The molecule has 0 spiro atoms. The van der Waals surface area contributed by atoms with E-state index in [0.717, 1.165) is 32.0 Å². The van der Waals surface area contributed by atoms with Crippen molar-refractivity contribution in [3.8, 4) is 0 Å². The first-order valence-corrected chi connectivity index (χ1v) is 7.06. The molecule has 98 valence electrons. The van der Waals surface area contributed by atoms with Crippen LogP contribution in [0.5, 0.6) is 0 Å². The molecule has 2 rings (SSSR count). The van der Waals surface area contributed by atoms with Gasteiger partial charge in [0.1, 0.15) is 0 Å². The summed E-state index contributed by atoms with van der Waals surface area (Å²) in [6.07, 6.45) is 0. The van der Waals surface area contributed by atoms with Crippen molar-refractivity contribution in [1.82, 2.24) is 0 Å². The molecular formula is C15H14BrClN2. The van der Waals surface area contributed by atoms with Crippen LogP contribution >= 0.6 is 27.5 Å². The van der Waals surface area contributed by atoms with E-state index in [1.165, 1.54) is 0 Å². The molecule has 0 fully saturated rings. The number of nitrogens with one attached hydrogen (secondary N) is 1. The highest BCUT2D eigenvalue weighted by Crippen LogP contribution is 2.21. The van der Waals surface area contributed by atoms with E-state index in [9.17, 15) is 0 Å². The smallest absolute Gasteiger partial charge is 0.0659 e. The highest BCUT2D eigenvalue weighted by molar-refractivity contribution is 9.10. The Morgan fingerprint density at radius 3 is 2.63 bits per heavy atom. The highest BCUT2D eigenvalue weighted by atomic mass is 79.9. The van der Waals surface area contributed by atoms with Crippen molar-refractivity contribution < 1.29 is 0 Å². The summed E-state index contributed by atoms with van der Waals surface area (Å²) in [6.45, 7) is 3.94. The fraction of sp³-hybridized carbons (Fsp3) is 0.133. The summed E-state index contributed by atoms with van der Waals surface area (Å²) >= 11 is 9.59. The zero-order valence-corrected chi connectivity index (χ0v) is 13.1. The van der Waals surface area contributed by atoms with Gasteiger partial charge in [0, 0.05) is 15.1 Å². The van der Waals surface area contributed by atoms with Crippen molar-refractivity contribution in [2.45, 2.75) is 13.8 Å². The quantitative estimate of drug-likeness (QED) is 0.600. The molecule has 1 N–H and O–H groups in total. The van der Waals surface area contributed by atoms with Crippen LogP contribution in [-0.4, -0.2) is 5.71 Å². The van der Waals surface area contributed by atoms with E-state index in [4.69, 9.17) is 11.6 Å². The second-order valence-corrected chi connectivity index (χ2v) is 5.51. The van der Waals surface area contributed by atoms with Crippen LogP contribution in [-0.2, 0) is 0 Å². The molecule has 2 aromatic carbocycles. The van der Waals surface area contributed by atoms with Crippen LogP contribution < -0.4 is 5.43 Å². The number of benzene rings is 2. The Morgan fingerprint density at radius 2 is 1.95 bits per heavy atom. The maximum Gasteiger partial charge on any atom is 0.0659 e. The molecule has 0 aliphatic carbocycles. The zero-order valence-electron chi connectivity index (χ0n) is 10.7. The predicted molar refractivity (Wildman–Crippen MR) is 86.2 cm³/mol. The van der Waals surface area contributed by atoms with E-state index in [1.54, 1.807) is 0 Å². The van der Waals surface area contributed by atoms with Gasteiger partial charge in [0.15, 0.2) is 0 Å². The number of rotatable bonds is 3. The Morgan fingerprint density at radius 1 is 1.21 bits per heavy atom. The molecule has 0 aliphatic rings. The molecule has 19 heavy (non-hydrogen) atoms. The monoisotopic (exact) mass is 336 g/mol. The van der Waals surface area contributed by atoms with E-state index in [-0.39, 0.29) is 0 Å². The molecule has 0 bridgehead atoms. The second-order valence-electron chi connectivity index (χ2n) is 4.25. The van der Waals surface area contributed by atoms with Crippen LogP contribution in [0.3, 0.4) is 0 Å². The van der Waals surface area contributed by atoms with Crippen molar-refractivity contribution in [3.63, 3.8) is 0 Å². The zero-order chi connectivity index (χ0) is 13.8. The SMILES string of the molecule is C/C(=N/Nc1ccc(C)c(Cl)c1)c1ccccc1Br. The molecule has 4 heteroatoms. The molecule has 0 heterocycles. The minimum absolute atomic E-state index is 0.735. The lowest BCUT2D eigenvalue weighted by Gasteiger charge is -2.06. The summed E-state index contributed by atoms with van der Waals surface area (Å²) in [5, 5.41) is 5.11. The van der Waals surface area contributed by atoms with Gasteiger partial charge < -0.3 is 0 Å². The van der Waals surface area contributed by atoms with Gasteiger partial charge in [0.25, 0.3) is 0 Å². The molecule has 2 aromatic rings. The molecule has 0 unspecified atom stereocenters. The van der Waals surface area contributed by atoms with Crippen molar-refractivity contribution in [1.29, 1.82) is 0 Å². The van der Waals surface area contributed by atoms with Crippen LogP contribution in [0, 0.1) is 6.92 Å². The van der Waals surface area contributed by atoms with Crippen LogP contribution in [0.4, 0.5) is 5.69 Å². The molecule has 0 aliphatic heterocycles. The lowest BCUT2D eigenvalue weighted by molar-refractivity contribution is 1.31. The largest absolute Gasteiger partial charge is 0.278 e. The van der Waals surface area contributed by atoms with Crippen LogP contribution in [0.2, 0.25) is 5.02 Å². The molecule has 0 saturated carbocycles. The third-order valence-corrected chi connectivity index (χ3v) is 3.89. The first-order valence-electron chi connectivity index (χ1n) is 5.89. The average molecular weight is 338 g/mol. The fourth-order valence-corrected chi connectivity index (χ4v) is 2.38. The van der Waals surface area contributed by atoms with Crippen molar-refractivity contribution in [2.24, 2.45) is 5.10 Å². The van der Waals surface area contributed by atoms with Crippen LogP contribution in [0.1, 0.15) is 18.1 Å². The van der Waals surface area contributed by atoms with Gasteiger partial charge in [0.05, 0.1) is 11.4 Å². The van der Waals surface area contributed by atoms with Gasteiger partial charge in [-0.1, -0.05) is 51.8 Å². The summed E-state index contributed by atoms with van der Waals surface area (Å²) in [5.74, 6) is 0. The summed E-state index contributed by atoms with van der Waals surface area (Å²) in [7, 11) is 0. The predicted octanol–water partition coefficient (Wildman–Crippen LogP) is 5.25. The maximum absolute atomic E-state index is 6.08. The maximum atomic E-state index is 6.08. The van der Waals surface area contributed by atoms with E-state index in [2.05, 4.69) is 26.5 Å². The normalized spacial score (nSPS) is 11.5. The fourth-order valence-electron chi connectivity index (χ4n) is 1.63. The number of nitrogens with zero attached hydrogens (tertiary/aromatic N) is 1. The minimum atomic E-state index is 0.735. The third-order valence-electron chi connectivity index (χ3n) is 2.79. The van der Waals surface area contributed by atoms with Gasteiger partial charge in [-0.15, -0.1) is 0 Å². The van der Waals surface area contributed by atoms with Crippen LogP contribution in [0.25, 0.3) is 0 Å². The lowest BCUT2D eigenvalue weighted by Crippen LogP contribution is -2.00. The van der Waals surface area contributed by atoms with E-state index < -0.39 is 0 Å². The number of hydrazone groups is 1. The highest BCUT2D eigenvalue weighted by Gasteiger charge is 2.02. The summed E-state index contributed by atoms with van der Waals surface area (Å²) < 4.78 is 1.03. The third kappa shape index (κ3) is 3.58. The number of aryl methyl sites for hydroxylation is 1. The number of hydrogen-bond acceptors (Lipinski definition) is 2. The minimum Gasteiger partial charge on any atom is -0.278 e. The summed E-state index contributed by atoms with van der Waals surface area (Å²) in [6, 6.07) is 13.8. The number of anilines is 1. The number of halogens is 2. The van der Waals surface area contributed by atoms with E-state index in [0.29, 0.717) is 0 Å². The summed E-state index contributed by atoms with van der Waals surface area (Å²) in [4.78, 5) is 0. The second kappa shape index (κ2) is 6.22. The Bertz CT molecular complexity index is 623. The molecule has 2 nitrogen and oxygen atoms in total. The van der Waals surface area contributed by atoms with Gasteiger partial charge in [-0.05, 0) is 37.6 Å². The van der Waals surface area contributed by atoms with Crippen molar-refractivity contribution >= 4 is 38.9 Å². The molecule has 0 aromatic heterocycles. The number of hydrogen-bond donors (Lipinski definition) is 1. The molecule has 0 atom stereocenters. The molecule has 0 radical (unpaired) electrons. The standard InChI is InChI=1S/C15H14BrClN2/c1-10-7-8-12(9-15(10)17)19-18-11(2)13-5-3-4-6-14(13)16/h3-9,19H,1-2H3/b18-11-.